The van der Waals surface area contributed by atoms with Crippen molar-refractivity contribution in [3.8, 4) is 0 Å². The van der Waals surface area contributed by atoms with Crippen LogP contribution in [0, 0.1) is 5.92 Å². The summed E-state index contributed by atoms with van der Waals surface area (Å²) in [5, 5.41) is 0. The second-order valence-electron chi connectivity index (χ2n) is 4.79. The standard InChI is InChI=1S/C14H20BrNO/c1-2-13(16)14(17-9-10-7-8-10)11-5-3-4-6-12(11)15/h3-6,10,13-14H,2,7-9,16H2,1H3. The van der Waals surface area contributed by atoms with Crippen molar-refractivity contribution >= 4 is 15.9 Å². The number of halogens is 1. The number of benzene rings is 1. The van der Waals surface area contributed by atoms with Crippen molar-refractivity contribution in [2.24, 2.45) is 11.7 Å². The molecule has 0 heterocycles. The summed E-state index contributed by atoms with van der Waals surface area (Å²) in [6, 6.07) is 8.26. The molecule has 0 bridgehead atoms. The molecule has 1 aromatic rings. The molecular weight excluding hydrogens is 278 g/mol. The maximum absolute atomic E-state index is 6.18. The van der Waals surface area contributed by atoms with E-state index >= 15 is 0 Å². The Bertz CT molecular complexity index is 365. The predicted molar refractivity (Wildman–Crippen MR) is 73.8 cm³/mol. The predicted octanol–water partition coefficient (Wildman–Crippen LogP) is 3.65. The number of ether oxygens (including phenoxy) is 1. The van der Waals surface area contributed by atoms with E-state index in [1.165, 1.54) is 18.4 Å². The minimum Gasteiger partial charge on any atom is -0.372 e. The molecule has 1 fully saturated rings. The van der Waals surface area contributed by atoms with E-state index in [0.29, 0.717) is 0 Å². The zero-order valence-electron chi connectivity index (χ0n) is 10.2. The highest BCUT2D eigenvalue weighted by atomic mass is 79.9. The Hall–Kier alpha value is -0.380. The summed E-state index contributed by atoms with van der Waals surface area (Å²) in [5.74, 6) is 0.768. The van der Waals surface area contributed by atoms with Crippen molar-refractivity contribution in [3.05, 3.63) is 34.3 Å². The maximum Gasteiger partial charge on any atom is 0.0986 e. The lowest BCUT2D eigenvalue weighted by molar-refractivity contribution is 0.0264. The van der Waals surface area contributed by atoms with Gasteiger partial charge in [-0.3, -0.25) is 0 Å². The Morgan fingerprint density at radius 1 is 1.41 bits per heavy atom. The van der Waals surface area contributed by atoms with Gasteiger partial charge >= 0.3 is 0 Å². The van der Waals surface area contributed by atoms with Gasteiger partial charge in [-0.2, -0.15) is 0 Å². The molecule has 2 rings (SSSR count). The maximum atomic E-state index is 6.18. The highest BCUT2D eigenvalue weighted by Crippen LogP contribution is 2.34. The van der Waals surface area contributed by atoms with Crippen LogP contribution in [0.4, 0.5) is 0 Å². The van der Waals surface area contributed by atoms with Crippen molar-refractivity contribution in [1.82, 2.24) is 0 Å². The van der Waals surface area contributed by atoms with Crippen LogP contribution in [0.1, 0.15) is 37.9 Å². The quantitative estimate of drug-likeness (QED) is 0.870. The molecule has 2 N–H and O–H groups in total. The summed E-state index contributed by atoms with van der Waals surface area (Å²) in [7, 11) is 0. The summed E-state index contributed by atoms with van der Waals surface area (Å²) >= 11 is 3.58. The third-order valence-corrected chi connectivity index (χ3v) is 4.00. The Balaban J connectivity index is 2.10. The SMILES string of the molecule is CCC(N)C(OCC1CC1)c1ccccc1Br. The van der Waals surface area contributed by atoms with Crippen LogP contribution >= 0.6 is 15.9 Å². The van der Waals surface area contributed by atoms with Crippen LogP contribution in [-0.2, 0) is 4.74 Å². The lowest BCUT2D eigenvalue weighted by Crippen LogP contribution is -2.30. The molecule has 1 saturated carbocycles. The molecule has 2 nitrogen and oxygen atoms in total. The molecule has 0 aromatic heterocycles. The summed E-state index contributed by atoms with van der Waals surface area (Å²) in [4.78, 5) is 0. The second-order valence-corrected chi connectivity index (χ2v) is 5.65. The van der Waals surface area contributed by atoms with Gasteiger partial charge in [0, 0.05) is 10.5 Å². The monoisotopic (exact) mass is 297 g/mol. The Kier molecular flexibility index (Phi) is 4.60. The fraction of sp³-hybridized carbons (Fsp3) is 0.571. The molecule has 3 heteroatoms. The van der Waals surface area contributed by atoms with Crippen LogP contribution in [-0.4, -0.2) is 12.6 Å². The van der Waals surface area contributed by atoms with E-state index in [1.54, 1.807) is 0 Å². The van der Waals surface area contributed by atoms with Gasteiger partial charge < -0.3 is 10.5 Å². The second kappa shape index (κ2) is 5.98. The van der Waals surface area contributed by atoms with E-state index in [-0.39, 0.29) is 12.1 Å². The van der Waals surface area contributed by atoms with Gasteiger partial charge in [0.25, 0.3) is 0 Å². The van der Waals surface area contributed by atoms with Crippen molar-refractivity contribution in [3.63, 3.8) is 0 Å². The minimum absolute atomic E-state index is 0.0103. The van der Waals surface area contributed by atoms with Crippen LogP contribution in [0.2, 0.25) is 0 Å². The van der Waals surface area contributed by atoms with Gasteiger partial charge in [-0.05, 0) is 36.8 Å². The number of hydrogen-bond acceptors (Lipinski definition) is 2. The largest absolute Gasteiger partial charge is 0.372 e. The van der Waals surface area contributed by atoms with Gasteiger partial charge in [0.1, 0.15) is 0 Å². The van der Waals surface area contributed by atoms with Crippen LogP contribution in [0.5, 0.6) is 0 Å². The Morgan fingerprint density at radius 3 is 2.71 bits per heavy atom. The molecule has 0 amide bonds. The summed E-state index contributed by atoms with van der Waals surface area (Å²) in [6.07, 6.45) is 3.56. The fourth-order valence-corrected chi connectivity index (χ4v) is 2.40. The zero-order valence-corrected chi connectivity index (χ0v) is 11.8. The average molecular weight is 298 g/mol. The first-order valence-corrected chi connectivity index (χ1v) is 7.13. The lowest BCUT2D eigenvalue weighted by Gasteiger charge is -2.24. The summed E-state index contributed by atoms with van der Waals surface area (Å²) in [6.45, 7) is 2.95. The Labute approximate surface area is 112 Å². The van der Waals surface area contributed by atoms with Gasteiger partial charge in [-0.1, -0.05) is 41.1 Å². The average Bonchev–Trinajstić information content (AvgIpc) is 3.15. The normalized spacial score (nSPS) is 19.0. The molecule has 2 atom stereocenters. The van der Waals surface area contributed by atoms with Gasteiger partial charge in [0.2, 0.25) is 0 Å². The first-order valence-electron chi connectivity index (χ1n) is 6.34. The van der Waals surface area contributed by atoms with Gasteiger partial charge in [0.15, 0.2) is 0 Å². The van der Waals surface area contributed by atoms with E-state index in [1.807, 2.05) is 18.2 Å². The summed E-state index contributed by atoms with van der Waals surface area (Å²) < 4.78 is 7.12. The summed E-state index contributed by atoms with van der Waals surface area (Å²) in [5.41, 5.74) is 7.35. The van der Waals surface area contributed by atoms with Crippen molar-refractivity contribution in [2.45, 2.75) is 38.3 Å². The molecule has 1 aliphatic carbocycles. The highest BCUT2D eigenvalue weighted by molar-refractivity contribution is 9.10. The van der Waals surface area contributed by atoms with Crippen LogP contribution in [0.3, 0.4) is 0 Å². The molecule has 0 aliphatic heterocycles. The molecular formula is C14H20BrNO. The zero-order chi connectivity index (χ0) is 12.3. The number of hydrogen-bond donors (Lipinski definition) is 1. The molecule has 2 unspecified atom stereocenters. The highest BCUT2D eigenvalue weighted by Gasteiger charge is 2.26. The third-order valence-electron chi connectivity index (χ3n) is 3.28. The molecule has 94 valence electrons. The molecule has 0 spiro atoms. The van der Waals surface area contributed by atoms with Crippen LogP contribution < -0.4 is 5.73 Å². The number of rotatable bonds is 6. The first-order chi connectivity index (χ1) is 8.22. The van der Waals surface area contributed by atoms with E-state index in [2.05, 4.69) is 28.9 Å². The molecule has 0 saturated heterocycles. The number of nitrogens with two attached hydrogens (primary N) is 1. The molecule has 0 radical (unpaired) electrons. The van der Waals surface area contributed by atoms with Gasteiger partial charge in [0.05, 0.1) is 12.7 Å². The minimum atomic E-state index is 0.0103. The smallest absolute Gasteiger partial charge is 0.0986 e. The van der Waals surface area contributed by atoms with Crippen molar-refractivity contribution in [1.29, 1.82) is 0 Å². The van der Waals surface area contributed by atoms with E-state index < -0.39 is 0 Å². The van der Waals surface area contributed by atoms with E-state index in [9.17, 15) is 0 Å². The lowest BCUT2D eigenvalue weighted by atomic mass is 10.0. The molecule has 1 aliphatic rings. The van der Waals surface area contributed by atoms with E-state index in [4.69, 9.17) is 10.5 Å². The fourth-order valence-electron chi connectivity index (χ4n) is 1.89. The van der Waals surface area contributed by atoms with Crippen molar-refractivity contribution < 1.29 is 4.74 Å². The van der Waals surface area contributed by atoms with Gasteiger partial charge in [-0.15, -0.1) is 0 Å². The van der Waals surface area contributed by atoms with Crippen molar-refractivity contribution in [2.75, 3.05) is 6.61 Å². The Morgan fingerprint density at radius 2 is 2.12 bits per heavy atom. The molecule has 17 heavy (non-hydrogen) atoms. The van der Waals surface area contributed by atoms with Crippen LogP contribution in [0.15, 0.2) is 28.7 Å². The van der Waals surface area contributed by atoms with Crippen LogP contribution in [0.25, 0.3) is 0 Å². The van der Waals surface area contributed by atoms with Gasteiger partial charge in [-0.25, -0.2) is 0 Å². The van der Waals surface area contributed by atoms with E-state index in [0.717, 1.165) is 23.4 Å². The third kappa shape index (κ3) is 3.54. The topological polar surface area (TPSA) is 35.2 Å². The first kappa shape index (κ1) is 13.1. The molecule has 1 aromatic carbocycles.